The number of aromatic hydroxyl groups is 1. The molecule has 6 nitrogen and oxygen atoms in total. The van der Waals surface area contributed by atoms with Gasteiger partial charge in [-0.3, -0.25) is 4.79 Å². The van der Waals surface area contributed by atoms with Crippen molar-refractivity contribution in [3.63, 3.8) is 0 Å². The van der Waals surface area contributed by atoms with Crippen molar-refractivity contribution in [3.05, 3.63) is 64.2 Å². The molecule has 2 N–H and O–H groups in total. The van der Waals surface area contributed by atoms with E-state index in [4.69, 9.17) is 16.6 Å². The van der Waals surface area contributed by atoms with E-state index in [-0.39, 0.29) is 17.2 Å². The van der Waals surface area contributed by atoms with Crippen LogP contribution in [0.5, 0.6) is 5.75 Å². The maximum Gasteiger partial charge on any atom is 0.248 e. The fourth-order valence-corrected chi connectivity index (χ4v) is 5.48. The average Bonchev–Trinajstić information content (AvgIpc) is 3.57. The van der Waals surface area contributed by atoms with Crippen LogP contribution in [0.25, 0.3) is 21.7 Å². The minimum atomic E-state index is -0.474. The molecule has 0 saturated carbocycles. The largest absolute Gasteiger partial charge is 0.507 e. The van der Waals surface area contributed by atoms with Gasteiger partial charge in [0.1, 0.15) is 23.4 Å². The summed E-state index contributed by atoms with van der Waals surface area (Å²) in [6.45, 7) is 0.645. The van der Waals surface area contributed by atoms with Crippen molar-refractivity contribution >= 4 is 51.1 Å². The number of rotatable bonds is 5. The lowest BCUT2D eigenvalue weighted by Gasteiger charge is -2.25. The molecular weight excluding hydrogens is 483 g/mol. The number of phenolic OH excluding ortho intramolecular Hbond substituents is 1. The Morgan fingerprint density at radius 3 is 2.88 bits per heavy atom. The lowest BCUT2D eigenvalue weighted by atomic mass is 10.1. The van der Waals surface area contributed by atoms with Gasteiger partial charge in [-0.2, -0.15) is 0 Å². The van der Waals surface area contributed by atoms with E-state index in [9.17, 15) is 14.3 Å². The van der Waals surface area contributed by atoms with E-state index >= 15 is 0 Å². The van der Waals surface area contributed by atoms with Crippen LogP contribution in [0.2, 0.25) is 4.34 Å². The molecule has 168 valence electrons. The number of hydrogen-bond donors (Lipinski definition) is 2. The number of anilines is 2. The number of aromatic nitrogens is 2. The summed E-state index contributed by atoms with van der Waals surface area (Å²) in [6.07, 6.45) is 3.14. The summed E-state index contributed by atoms with van der Waals surface area (Å²) >= 11 is 8.93. The second-order valence-corrected chi connectivity index (χ2v) is 10.2. The normalized spacial score (nSPS) is 15.7. The Kier molecular flexibility index (Phi) is 6.01. The molecule has 0 bridgehead atoms. The Hall–Kier alpha value is -3.01. The number of nitrogens with one attached hydrogen (secondary N) is 1. The van der Waals surface area contributed by atoms with Gasteiger partial charge in [-0.15, -0.1) is 22.7 Å². The minimum absolute atomic E-state index is 0.0734. The van der Waals surface area contributed by atoms with Gasteiger partial charge in [0.2, 0.25) is 5.91 Å². The number of carbonyl (C=O) groups excluding carboxylic acids is 1. The Morgan fingerprint density at radius 2 is 2.12 bits per heavy atom. The third kappa shape index (κ3) is 4.57. The Morgan fingerprint density at radius 1 is 1.24 bits per heavy atom. The number of thiophene rings is 1. The van der Waals surface area contributed by atoms with E-state index in [0.29, 0.717) is 33.9 Å². The van der Waals surface area contributed by atoms with Crippen molar-refractivity contribution in [1.82, 2.24) is 9.97 Å². The second kappa shape index (κ2) is 9.09. The number of carbonyl (C=O) groups is 1. The Bertz CT molecular complexity index is 1310. The molecule has 1 saturated heterocycles. The maximum atomic E-state index is 14.0. The first-order valence-corrected chi connectivity index (χ1v) is 12.3. The molecule has 4 heterocycles. The van der Waals surface area contributed by atoms with Crippen LogP contribution in [0.3, 0.4) is 0 Å². The lowest BCUT2D eigenvalue weighted by Crippen LogP contribution is -2.40. The number of nitrogens with zero attached hydrogens (tertiary/aromatic N) is 3. The van der Waals surface area contributed by atoms with Crippen molar-refractivity contribution in [1.29, 1.82) is 0 Å². The van der Waals surface area contributed by atoms with Gasteiger partial charge >= 0.3 is 0 Å². The van der Waals surface area contributed by atoms with Crippen LogP contribution < -0.4 is 10.2 Å². The summed E-state index contributed by atoms with van der Waals surface area (Å²) in [7, 11) is 0. The van der Waals surface area contributed by atoms with Crippen molar-refractivity contribution in [3.8, 4) is 27.4 Å². The molecule has 1 amide bonds. The number of phenols is 1. The highest BCUT2D eigenvalue weighted by Gasteiger charge is 2.32. The molecule has 0 aliphatic carbocycles. The van der Waals surface area contributed by atoms with Gasteiger partial charge in [0.25, 0.3) is 0 Å². The SMILES string of the molecule is O=C(Nc1nccs1)[C@@H]1CCCN1c1cc(-c2ccc(Cl)s2)cc(-c2cc(F)ccc2O)n1. The van der Waals surface area contributed by atoms with Gasteiger partial charge in [0.15, 0.2) is 5.13 Å². The van der Waals surface area contributed by atoms with E-state index in [1.807, 2.05) is 17.0 Å². The number of benzene rings is 1. The van der Waals surface area contributed by atoms with E-state index in [2.05, 4.69) is 10.3 Å². The molecule has 1 aromatic carbocycles. The van der Waals surface area contributed by atoms with Gasteiger partial charge in [-0.05, 0) is 60.9 Å². The third-order valence-corrected chi connectivity index (χ3v) is 7.39. The minimum Gasteiger partial charge on any atom is -0.507 e. The van der Waals surface area contributed by atoms with Crippen molar-refractivity contribution < 1.29 is 14.3 Å². The molecule has 1 aliphatic rings. The highest BCUT2D eigenvalue weighted by atomic mass is 35.5. The molecule has 10 heteroatoms. The van der Waals surface area contributed by atoms with Gasteiger partial charge < -0.3 is 15.3 Å². The summed E-state index contributed by atoms with van der Waals surface area (Å²) in [6, 6.07) is 10.7. The second-order valence-electron chi connectivity index (χ2n) is 7.54. The predicted octanol–water partition coefficient (Wildman–Crippen LogP) is 6.04. The fraction of sp³-hybridized carbons (Fsp3) is 0.174. The van der Waals surface area contributed by atoms with Crippen molar-refractivity contribution in [2.24, 2.45) is 0 Å². The van der Waals surface area contributed by atoms with Gasteiger partial charge in [-0.1, -0.05) is 11.6 Å². The number of thiazole rings is 1. The Balaban J connectivity index is 1.57. The molecule has 0 spiro atoms. The molecular formula is C23H18ClFN4O2S2. The molecule has 33 heavy (non-hydrogen) atoms. The van der Waals surface area contributed by atoms with Crippen molar-refractivity contribution in [2.75, 3.05) is 16.8 Å². The predicted molar refractivity (Wildman–Crippen MR) is 131 cm³/mol. The standard InChI is InChI=1S/C23H18ClFN4O2S2/c24-20-6-5-19(33-20)13-10-16(15-12-14(25)3-4-18(15)30)27-21(11-13)29-8-1-2-17(29)22(31)28-23-26-7-9-32-23/h3-7,9-12,17,30H,1-2,8H2,(H,26,28,31)/t17-/m0/s1. The smallest absolute Gasteiger partial charge is 0.248 e. The Labute approximate surface area is 202 Å². The highest BCUT2D eigenvalue weighted by molar-refractivity contribution is 7.19. The monoisotopic (exact) mass is 500 g/mol. The van der Waals surface area contributed by atoms with Gasteiger partial charge in [-0.25, -0.2) is 14.4 Å². The molecule has 0 radical (unpaired) electrons. The first kappa shape index (κ1) is 21.8. The number of halogens is 2. The molecule has 4 aromatic rings. The van der Waals surface area contributed by atoms with Gasteiger partial charge in [0, 0.05) is 28.6 Å². The zero-order chi connectivity index (χ0) is 22.9. The molecule has 0 unspecified atom stereocenters. The average molecular weight is 501 g/mol. The highest BCUT2D eigenvalue weighted by Crippen LogP contribution is 2.38. The fourth-order valence-electron chi connectivity index (χ4n) is 3.91. The van der Waals surface area contributed by atoms with Gasteiger partial charge in [0.05, 0.1) is 10.0 Å². The molecule has 1 fully saturated rings. The van der Waals surface area contributed by atoms with E-state index in [1.54, 1.807) is 23.7 Å². The zero-order valence-electron chi connectivity index (χ0n) is 17.2. The van der Waals surface area contributed by atoms with Crippen LogP contribution in [-0.4, -0.2) is 33.6 Å². The van der Waals surface area contributed by atoms with Crippen LogP contribution in [0.1, 0.15) is 12.8 Å². The van der Waals surface area contributed by atoms with Crippen LogP contribution in [0.4, 0.5) is 15.3 Å². The van der Waals surface area contributed by atoms with Crippen LogP contribution in [-0.2, 0) is 4.79 Å². The summed E-state index contributed by atoms with van der Waals surface area (Å²) in [4.78, 5) is 24.7. The summed E-state index contributed by atoms with van der Waals surface area (Å²) in [5.41, 5.74) is 1.51. The lowest BCUT2D eigenvalue weighted by molar-refractivity contribution is -0.117. The summed E-state index contributed by atoms with van der Waals surface area (Å²) in [5.74, 6) is -0.121. The van der Waals surface area contributed by atoms with Crippen LogP contribution >= 0.6 is 34.3 Å². The summed E-state index contributed by atoms with van der Waals surface area (Å²) < 4.78 is 14.6. The maximum absolute atomic E-state index is 14.0. The van der Waals surface area contributed by atoms with Crippen LogP contribution in [0.15, 0.2) is 54.0 Å². The van der Waals surface area contributed by atoms with Crippen LogP contribution in [0, 0.1) is 5.82 Å². The zero-order valence-corrected chi connectivity index (χ0v) is 19.6. The van der Waals surface area contributed by atoms with E-state index in [1.165, 1.54) is 40.9 Å². The van der Waals surface area contributed by atoms with E-state index in [0.717, 1.165) is 16.9 Å². The van der Waals surface area contributed by atoms with E-state index < -0.39 is 11.9 Å². The third-order valence-electron chi connectivity index (χ3n) is 5.42. The number of pyridine rings is 1. The topological polar surface area (TPSA) is 78.4 Å². The molecule has 1 atom stereocenters. The quantitative estimate of drug-likeness (QED) is 0.349. The number of hydrogen-bond acceptors (Lipinski definition) is 7. The first-order valence-electron chi connectivity index (χ1n) is 10.2. The molecule has 5 rings (SSSR count). The molecule has 1 aliphatic heterocycles. The molecule has 3 aromatic heterocycles. The number of amides is 1. The van der Waals surface area contributed by atoms with Crippen molar-refractivity contribution in [2.45, 2.75) is 18.9 Å². The summed E-state index contributed by atoms with van der Waals surface area (Å²) in [5, 5.41) is 15.6. The first-order chi connectivity index (χ1) is 16.0.